The molecule has 134 valence electrons. The summed E-state index contributed by atoms with van der Waals surface area (Å²) in [7, 11) is 1.96. The second-order valence-corrected chi connectivity index (χ2v) is 6.77. The molecule has 0 saturated heterocycles. The molecule has 0 spiro atoms. The van der Waals surface area contributed by atoms with Gasteiger partial charge in [0, 0.05) is 63.2 Å². The quantitative estimate of drug-likeness (QED) is 0.684. The van der Waals surface area contributed by atoms with Gasteiger partial charge in [0.1, 0.15) is 0 Å². The van der Waals surface area contributed by atoms with Gasteiger partial charge in [0.25, 0.3) is 0 Å². The van der Waals surface area contributed by atoms with Crippen LogP contribution in [-0.2, 0) is 44.5 Å². The van der Waals surface area contributed by atoms with E-state index in [-0.39, 0.29) is 0 Å². The molecule has 0 bridgehead atoms. The minimum Gasteiger partial charge on any atom is -0.372 e. The van der Waals surface area contributed by atoms with Gasteiger partial charge >= 0.3 is 0 Å². The number of fused-ring (bicyclic) bond motifs is 1. The van der Waals surface area contributed by atoms with Crippen molar-refractivity contribution in [3.8, 4) is 0 Å². The zero-order valence-electron chi connectivity index (χ0n) is 15.0. The second-order valence-electron chi connectivity index (χ2n) is 6.77. The molecule has 6 heteroatoms. The van der Waals surface area contributed by atoms with Crippen molar-refractivity contribution in [1.29, 1.82) is 0 Å². The Kier molecular flexibility index (Phi) is 5.04. The summed E-state index contributed by atoms with van der Waals surface area (Å²) in [5, 5.41) is 4.26. The lowest BCUT2D eigenvalue weighted by molar-refractivity contribution is 0.105. The topological polar surface area (TPSA) is 56.1 Å². The Labute approximate surface area is 153 Å². The maximum atomic E-state index is 5.89. The first-order valence-electron chi connectivity index (χ1n) is 8.89. The zero-order valence-corrected chi connectivity index (χ0v) is 15.0. The molecule has 4 heterocycles. The summed E-state index contributed by atoms with van der Waals surface area (Å²) >= 11 is 0. The van der Waals surface area contributed by atoms with Crippen LogP contribution in [0.5, 0.6) is 0 Å². The van der Waals surface area contributed by atoms with E-state index in [1.54, 1.807) is 6.20 Å². The van der Waals surface area contributed by atoms with Gasteiger partial charge in [-0.25, -0.2) is 0 Å². The van der Waals surface area contributed by atoms with E-state index in [2.05, 4.69) is 26.2 Å². The molecule has 0 atom stereocenters. The number of nitrogens with zero attached hydrogens (tertiary/aromatic N) is 5. The molecule has 0 unspecified atom stereocenters. The van der Waals surface area contributed by atoms with Crippen LogP contribution in [0, 0.1) is 0 Å². The Morgan fingerprint density at radius 3 is 2.85 bits per heavy atom. The number of hydrogen-bond donors (Lipinski definition) is 0. The number of rotatable bonds is 6. The van der Waals surface area contributed by atoms with Crippen molar-refractivity contribution in [1.82, 2.24) is 24.6 Å². The third kappa shape index (κ3) is 3.98. The van der Waals surface area contributed by atoms with Crippen LogP contribution in [0.3, 0.4) is 0 Å². The highest BCUT2D eigenvalue weighted by Crippen LogP contribution is 2.23. The number of ether oxygens (including phenoxy) is 1. The van der Waals surface area contributed by atoms with Crippen LogP contribution in [0.25, 0.3) is 0 Å². The van der Waals surface area contributed by atoms with Gasteiger partial charge in [-0.2, -0.15) is 5.10 Å². The smallest absolute Gasteiger partial charge is 0.0739 e. The first kappa shape index (κ1) is 16.9. The van der Waals surface area contributed by atoms with E-state index in [9.17, 15) is 0 Å². The standard InChI is InChI=1S/C20H23N5O/c1-24-11-17(8-23-24)12-25-6-4-20-18(13-25)9-22-10-19(20)15-26-14-16-3-2-5-21-7-16/h2-3,5,7-11H,4,6,12-15H2,1H3. The molecule has 0 aliphatic carbocycles. The molecule has 0 aromatic carbocycles. The van der Waals surface area contributed by atoms with Crippen molar-refractivity contribution in [2.75, 3.05) is 6.54 Å². The third-order valence-electron chi connectivity index (χ3n) is 4.72. The van der Waals surface area contributed by atoms with Gasteiger partial charge in [0.05, 0.1) is 19.4 Å². The summed E-state index contributed by atoms with van der Waals surface area (Å²) in [4.78, 5) is 11.0. The van der Waals surface area contributed by atoms with Crippen molar-refractivity contribution in [3.05, 3.63) is 77.1 Å². The van der Waals surface area contributed by atoms with Crippen molar-refractivity contribution in [2.45, 2.75) is 32.7 Å². The second kappa shape index (κ2) is 7.76. The Morgan fingerprint density at radius 2 is 2.04 bits per heavy atom. The summed E-state index contributed by atoms with van der Waals surface area (Å²) in [6, 6.07) is 3.96. The summed E-state index contributed by atoms with van der Waals surface area (Å²) in [5.74, 6) is 0. The number of pyridine rings is 2. The minimum absolute atomic E-state index is 0.574. The molecule has 0 saturated carbocycles. The van der Waals surface area contributed by atoms with Gasteiger partial charge in [0.2, 0.25) is 0 Å². The molecule has 0 fully saturated rings. The van der Waals surface area contributed by atoms with Crippen LogP contribution in [-0.4, -0.2) is 31.2 Å². The fraction of sp³-hybridized carbons (Fsp3) is 0.350. The predicted octanol–water partition coefficient (Wildman–Crippen LogP) is 2.49. The zero-order chi connectivity index (χ0) is 17.8. The highest BCUT2D eigenvalue weighted by atomic mass is 16.5. The Morgan fingerprint density at radius 1 is 1.08 bits per heavy atom. The highest BCUT2D eigenvalue weighted by Gasteiger charge is 2.19. The van der Waals surface area contributed by atoms with E-state index >= 15 is 0 Å². The van der Waals surface area contributed by atoms with Gasteiger partial charge in [-0.15, -0.1) is 0 Å². The molecular weight excluding hydrogens is 326 g/mol. The Bertz CT molecular complexity index is 862. The monoisotopic (exact) mass is 349 g/mol. The normalized spacial score (nSPS) is 14.3. The Balaban J connectivity index is 1.38. The van der Waals surface area contributed by atoms with Crippen LogP contribution >= 0.6 is 0 Å². The van der Waals surface area contributed by atoms with E-state index in [1.807, 2.05) is 48.6 Å². The lowest BCUT2D eigenvalue weighted by Crippen LogP contribution is -2.30. The lowest BCUT2D eigenvalue weighted by Gasteiger charge is -2.29. The SMILES string of the molecule is Cn1cc(CN2CCc3c(COCc4cccnc4)cncc3C2)cn1. The minimum atomic E-state index is 0.574. The summed E-state index contributed by atoms with van der Waals surface area (Å²) in [6.07, 6.45) is 12.6. The van der Waals surface area contributed by atoms with Crippen molar-refractivity contribution >= 4 is 0 Å². The number of aromatic nitrogens is 4. The highest BCUT2D eigenvalue weighted by molar-refractivity contribution is 5.33. The maximum absolute atomic E-state index is 5.89. The first-order chi connectivity index (χ1) is 12.8. The molecule has 3 aromatic heterocycles. The average Bonchev–Trinajstić information content (AvgIpc) is 3.07. The number of aryl methyl sites for hydroxylation is 1. The fourth-order valence-electron chi connectivity index (χ4n) is 3.46. The van der Waals surface area contributed by atoms with E-state index in [0.717, 1.165) is 31.6 Å². The maximum Gasteiger partial charge on any atom is 0.0739 e. The number of hydrogen-bond acceptors (Lipinski definition) is 5. The van der Waals surface area contributed by atoms with Crippen LogP contribution in [0.4, 0.5) is 0 Å². The molecule has 0 amide bonds. The van der Waals surface area contributed by atoms with Crippen molar-refractivity contribution < 1.29 is 4.74 Å². The first-order valence-corrected chi connectivity index (χ1v) is 8.89. The molecule has 1 aliphatic rings. The van der Waals surface area contributed by atoms with Gasteiger partial charge in [0.15, 0.2) is 0 Å². The summed E-state index contributed by atoms with van der Waals surface area (Å²) in [5.41, 5.74) is 6.25. The van der Waals surface area contributed by atoms with Gasteiger partial charge in [-0.1, -0.05) is 6.07 Å². The fourth-order valence-corrected chi connectivity index (χ4v) is 3.46. The molecule has 0 radical (unpaired) electrons. The largest absolute Gasteiger partial charge is 0.372 e. The van der Waals surface area contributed by atoms with Gasteiger partial charge < -0.3 is 4.74 Å². The van der Waals surface area contributed by atoms with E-state index in [4.69, 9.17) is 4.74 Å². The van der Waals surface area contributed by atoms with E-state index in [1.165, 1.54) is 22.3 Å². The lowest BCUT2D eigenvalue weighted by atomic mass is 9.97. The average molecular weight is 349 g/mol. The molecule has 3 aromatic rings. The predicted molar refractivity (Wildman–Crippen MR) is 98.0 cm³/mol. The van der Waals surface area contributed by atoms with Crippen LogP contribution in [0.15, 0.2) is 49.3 Å². The summed E-state index contributed by atoms with van der Waals surface area (Å²) < 4.78 is 7.75. The summed E-state index contributed by atoms with van der Waals surface area (Å²) in [6.45, 7) is 4.06. The van der Waals surface area contributed by atoms with Crippen molar-refractivity contribution in [3.63, 3.8) is 0 Å². The molecule has 26 heavy (non-hydrogen) atoms. The molecule has 4 rings (SSSR count). The Hall–Kier alpha value is -2.57. The molecule has 1 aliphatic heterocycles. The third-order valence-corrected chi connectivity index (χ3v) is 4.72. The molecule has 0 N–H and O–H groups in total. The molecule has 6 nitrogen and oxygen atoms in total. The van der Waals surface area contributed by atoms with E-state index in [0.29, 0.717) is 13.2 Å². The van der Waals surface area contributed by atoms with Crippen LogP contribution in [0.1, 0.15) is 27.8 Å². The molecular formula is C20H23N5O. The van der Waals surface area contributed by atoms with Gasteiger partial charge in [-0.05, 0) is 34.7 Å². The van der Waals surface area contributed by atoms with E-state index < -0.39 is 0 Å². The van der Waals surface area contributed by atoms with Gasteiger partial charge in [-0.3, -0.25) is 19.5 Å². The van der Waals surface area contributed by atoms with Crippen molar-refractivity contribution in [2.24, 2.45) is 7.05 Å². The van der Waals surface area contributed by atoms with Crippen LogP contribution < -0.4 is 0 Å². The van der Waals surface area contributed by atoms with Crippen LogP contribution in [0.2, 0.25) is 0 Å².